The Balaban J connectivity index is 2.59. The lowest BCUT2D eigenvalue weighted by Gasteiger charge is -2.16. The first kappa shape index (κ1) is 10.9. The molecule has 1 rings (SSSR count). The van der Waals surface area contributed by atoms with E-state index in [0.29, 0.717) is 18.3 Å². The largest absolute Gasteiger partial charge is 0.473 e. The maximum atomic E-state index is 5.56. The molecular formula is C10H17N3O. The second-order valence-corrected chi connectivity index (χ2v) is 3.63. The van der Waals surface area contributed by atoms with Crippen LogP contribution in [0.2, 0.25) is 0 Å². The van der Waals surface area contributed by atoms with Gasteiger partial charge in [0.15, 0.2) is 0 Å². The van der Waals surface area contributed by atoms with Gasteiger partial charge in [-0.05, 0) is 18.9 Å². The molecule has 14 heavy (non-hydrogen) atoms. The first-order valence-electron chi connectivity index (χ1n) is 4.82. The van der Waals surface area contributed by atoms with Crippen molar-refractivity contribution in [3.05, 3.63) is 17.8 Å². The summed E-state index contributed by atoms with van der Waals surface area (Å²) in [6, 6.07) is 3.63. The summed E-state index contributed by atoms with van der Waals surface area (Å²) in [6.45, 7) is 6.63. The van der Waals surface area contributed by atoms with Crippen molar-refractivity contribution in [1.29, 1.82) is 0 Å². The van der Waals surface area contributed by atoms with Gasteiger partial charge in [0.25, 0.3) is 0 Å². The summed E-state index contributed by atoms with van der Waals surface area (Å²) in [4.78, 5) is 0. The minimum Gasteiger partial charge on any atom is -0.473 e. The Bertz CT molecular complexity index is 271. The first-order valence-corrected chi connectivity index (χ1v) is 4.82. The van der Waals surface area contributed by atoms with E-state index in [2.05, 4.69) is 24.0 Å². The second-order valence-electron chi connectivity index (χ2n) is 3.63. The topological polar surface area (TPSA) is 61.0 Å². The molecule has 0 aliphatic rings. The minimum absolute atomic E-state index is 0.146. The van der Waals surface area contributed by atoms with Gasteiger partial charge in [-0.25, -0.2) is 0 Å². The Morgan fingerprint density at radius 2 is 2.00 bits per heavy atom. The van der Waals surface area contributed by atoms with E-state index < -0.39 is 0 Å². The second kappa shape index (κ2) is 4.91. The molecule has 4 nitrogen and oxygen atoms in total. The maximum Gasteiger partial charge on any atom is 0.233 e. The molecular weight excluding hydrogens is 178 g/mol. The molecule has 0 aliphatic carbocycles. The van der Waals surface area contributed by atoms with Crippen LogP contribution in [0.25, 0.3) is 0 Å². The number of hydrogen-bond donors (Lipinski definition) is 1. The van der Waals surface area contributed by atoms with Crippen LogP contribution in [0.5, 0.6) is 5.88 Å². The zero-order chi connectivity index (χ0) is 10.6. The third kappa shape index (κ3) is 2.96. The lowest BCUT2D eigenvalue weighted by atomic mass is 10.1. The fourth-order valence-electron chi connectivity index (χ4n) is 0.846. The van der Waals surface area contributed by atoms with Crippen molar-refractivity contribution < 1.29 is 4.74 Å². The zero-order valence-corrected chi connectivity index (χ0v) is 8.90. The van der Waals surface area contributed by atoms with E-state index in [1.54, 1.807) is 6.07 Å². The standard InChI is InChI=1S/C10H17N3O/c1-7(2)8(3)14-10-5-4-9(6-11)12-13-10/h4-5,7-8H,6,11H2,1-3H3. The monoisotopic (exact) mass is 195 g/mol. The number of aromatic nitrogens is 2. The van der Waals surface area contributed by atoms with E-state index in [9.17, 15) is 0 Å². The van der Waals surface area contributed by atoms with Crippen molar-refractivity contribution in [2.45, 2.75) is 33.4 Å². The van der Waals surface area contributed by atoms with Crippen LogP contribution >= 0.6 is 0 Å². The normalized spacial score (nSPS) is 12.9. The van der Waals surface area contributed by atoms with E-state index >= 15 is 0 Å². The zero-order valence-electron chi connectivity index (χ0n) is 8.90. The Hall–Kier alpha value is -1.16. The van der Waals surface area contributed by atoms with Crippen LogP contribution in [0.15, 0.2) is 12.1 Å². The highest BCUT2D eigenvalue weighted by atomic mass is 16.5. The quantitative estimate of drug-likeness (QED) is 0.788. The lowest BCUT2D eigenvalue weighted by molar-refractivity contribution is 0.161. The van der Waals surface area contributed by atoms with Gasteiger partial charge in [-0.15, -0.1) is 5.10 Å². The summed E-state index contributed by atoms with van der Waals surface area (Å²) in [7, 11) is 0. The molecule has 0 saturated heterocycles. The molecule has 0 radical (unpaired) electrons. The van der Waals surface area contributed by atoms with Gasteiger partial charge >= 0.3 is 0 Å². The molecule has 1 aromatic heterocycles. The Labute approximate surface area is 84.5 Å². The minimum atomic E-state index is 0.146. The van der Waals surface area contributed by atoms with Gasteiger partial charge in [-0.1, -0.05) is 13.8 Å². The number of hydrogen-bond acceptors (Lipinski definition) is 4. The fraction of sp³-hybridized carbons (Fsp3) is 0.600. The molecule has 1 atom stereocenters. The van der Waals surface area contributed by atoms with E-state index in [4.69, 9.17) is 10.5 Å². The van der Waals surface area contributed by atoms with Crippen molar-refractivity contribution in [2.75, 3.05) is 0 Å². The van der Waals surface area contributed by atoms with Crippen LogP contribution in [-0.2, 0) is 6.54 Å². The van der Waals surface area contributed by atoms with Gasteiger partial charge in [0.05, 0.1) is 11.8 Å². The van der Waals surface area contributed by atoms with Crippen molar-refractivity contribution in [3.63, 3.8) is 0 Å². The Morgan fingerprint density at radius 1 is 1.29 bits per heavy atom. The molecule has 1 aromatic rings. The van der Waals surface area contributed by atoms with Crippen LogP contribution in [-0.4, -0.2) is 16.3 Å². The number of rotatable bonds is 4. The van der Waals surface area contributed by atoms with Crippen molar-refractivity contribution in [1.82, 2.24) is 10.2 Å². The molecule has 0 fully saturated rings. The van der Waals surface area contributed by atoms with E-state index in [1.165, 1.54) is 0 Å². The number of nitrogens with two attached hydrogens (primary N) is 1. The van der Waals surface area contributed by atoms with Gasteiger partial charge in [-0.2, -0.15) is 5.10 Å². The van der Waals surface area contributed by atoms with Crippen LogP contribution in [0.1, 0.15) is 26.5 Å². The summed E-state index contributed by atoms with van der Waals surface area (Å²) < 4.78 is 5.56. The summed E-state index contributed by atoms with van der Waals surface area (Å²) in [5.74, 6) is 1.02. The summed E-state index contributed by atoms with van der Waals surface area (Å²) in [5.41, 5.74) is 6.18. The first-order chi connectivity index (χ1) is 6.63. The molecule has 0 aliphatic heterocycles. The third-order valence-corrected chi connectivity index (χ3v) is 2.15. The summed E-state index contributed by atoms with van der Waals surface area (Å²) in [6.07, 6.45) is 0.146. The van der Waals surface area contributed by atoms with Crippen LogP contribution in [0.4, 0.5) is 0 Å². The molecule has 78 valence electrons. The smallest absolute Gasteiger partial charge is 0.233 e. The highest BCUT2D eigenvalue weighted by molar-refractivity contribution is 5.11. The average Bonchev–Trinajstić information content (AvgIpc) is 2.19. The molecule has 1 heterocycles. The maximum absolute atomic E-state index is 5.56. The third-order valence-electron chi connectivity index (χ3n) is 2.15. The molecule has 0 aromatic carbocycles. The van der Waals surface area contributed by atoms with Gasteiger partial charge in [0.1, 0.15) is 0 Å². The van der Waals surface area contributed by atoms with Crippen molar-refractivity contribution in [3.8, 4) is 5.88 Å². The molecule has 2 N–H and O–H groups in total. The average molecular weight is 195 g/mol. The summed E-state index contributed by atoms with van der Waals surface area (Å²) >= 11 is 0. The lowest BCUT2D eigenvalue weighted by Crippen LogP contribution is -2.19. The fourth-order valence-corrected chi connectivity index (χ4v) is 0.846. The van der Waals surface area contributed by atoms with Gasteiger partial charge < -0.3 is 10.5 Å². The molecule has 1 unspecified atom stereocenters. The predicted molar refractivity (Wildman–Crippen MR) is 54.9 cm³/mol. The van der Waals surface area contributed by atoms with E-state index in [1.807, 2.05) is 13.0 Å². The highest BCUT2D eigenvalue weighted by Crippen LogP contribution is 2.11. The SMILES string of the molecule is CC(C)C(C)Oc1ccc(CN)nn1. The van der Waals surface area contributed by atoms with Crippen LogP contribution in [0.3, 0.4) is 0 Å². The molecule has 0 bridgehead atoms. The van der Waals surface area contributed by atoms with Crippen LogP contribution in [0, 0.1) is 5.92 Å². The summed E-state index contributed by atoms with van der Waals surface area (Å²) in [5, 5.41) is 7.83. The number of nitrogens with zero attached hydrogens (tertiary/aromatic N) is 2. The van der Waals surface area contributed by atoms with E-state index in [0.717, 1.165) is 5.69 Å². The molecule has 4 heteroatoms. The van der Waals surface area contributed by atoms with Crippen LogP contribution < -0.4 is 10.5 Å². The van der Waals surface area contributed by atoms with Gasteiger partial charge in [-0.3, -0.25) is 0 Å². The van der Waals surface area contributed by atoms with Gasteiger partial charge in [0.2, 0.25) is 5.88 Å². The molecule has 0 amide bonds. The Morgan fingerprint density at radius 3 is 2.43 bits per heavy atom. The number of ether oxygens (including phenoxy) is 1. The van der Waals surface area contributed by atoms with E-state index in [-0.39, 0.29) is 6.10 Å². The van der Waals surface area contributed by atoms with Crippen molar-refractivity contribution >= 4 is 0 Å². The Kier molecular flexibility index (Phi) is 3.83. The highest BCUT2D eigenvalue weighted by Gasteiger charge is 2.09. The predicted octanol–water partition coefficient (Wildman–Crippen LogP) is 1.36. The molecule has 0 spiro atoms. The van der Waals surface area contributed by atoms with Crippen molar-refractivity contribution in [2.24, 2.45) is 11.7 Å². The molecule has 0 saturated carbocycles. The van der Waals surface area contributed by atoms with Gasteiger partial charge in [0, 0.05) is 12.6 Å².